The van der Waals surface area contributed by atoms with Crippen molar-refractivity contribution in [1.29, 1.82) is 0 Å². The number of nitrogens with zero attached hydrogens (tertiary/aromatic N) is 3. The van der Waals surface area contributed by atoms with Crippen LogP contribution in [0.3, 0.4) is 0 Å². The van der Waals surface area contributed by atoms with Crippen molar-refractivity contribution in [2.45, 2.75) is 31.7 Å². The van der Waals surface area contributed by atoms with Gasteiger partial charge in [0.15, 0.2) is 5.78 Å². The summed E-state index contributed by atoms with van der Waals surface area (Å²) in [5, 5.41) is 3.98. The molecule has 0 bridgehead atoms. The van der Waals surface area contributed by atoms with Crippen LogP contribution in [0.1, 0.15) is 43.0 Å². The molecule has 1 aromatic heterocycles. The second-order valence-corrected chi connectivity index (χ2v) is 8.57. The van der Waals surface area contributed by atoms with Crippen molar-refractivity contribution in [1.82, 2.24) is 15.2 Å². The van der Waals surface area contributed by atoms with Crippen LogP contribution in [0.4, 0.5) is 0 Å². The molecular weight excluding hydrogens is 424 g/mol. The summed E-state index contributed by atoms with van der Waals surface area (Å²) in [7, 11) is 0. The first-order valence-corrected chi connectivity index (χ1v) is 11.4. The first-order valence-electron chi connectivity index (χ1n) is 11.1. The number of hydrogen-bond donors (Lipinski definition) is 1. The minimum absolute atomic E-state index is 0.0415. The van der Waals surface area contributed by atoms with Crippen molar-refractivity contribution in [3.8, 4) is 0 Å². The maximum Gasteiger partial charge on any atom is 0.226 e. The maximum atomic E-state index is 13.8. The van der Waals surface area contributed by atoms with E-state index in [1.165, 1.54) is 0 Å². The Morgan fingerprint density at radius 1 is 1.16 bits per heavy atom. The number of carbonyl (C=O) groups is 2. The van der Waals surface area contributed by atoms with E-state index in [2.05, 4.69) is 15.3 Å². The Bertz CT molecular complexity index is 998. The Hall–Kier alpha value is -2.83. The minimum atomic E-state index is -0.347. The zero-order valence-corrected chi connectivity index (χ0v) is 18.7. The van der Waals surface area contributed by atoms with Gasteiger partial charge in [0.25, 0.3) is 0 Å². The summed E-state index contributed by atoms with van der Waals surface area (Å²) < 4.78 is 0. The Kier molecular flexibility index (Phi) is 7.45. The largest absolute Gasteiger partial charge is 0.329 e. The van der Waals surface area contributed by atoms with Crippen molar-refractivity contribution in [3.63, 3.8) is 0 Å². The summed E-state index contributed by atoms with van der Waals surface area (Å²) in [6.07, 6.45) is 7.45. The summed E-state index contributed by atoms with van der Waals surface area (Å²) in [5.41, 5.74) is 2.46. The van der Waals surface area contributed by atoms with Crippen LogP contribution in [0.5, 0.6) is 0 Å². The summed E-state index contributed by atoms with van der Waals surface area (Å²) in [5.74, 6) is 0.120. The molecule has 2 aromatic rings. The molecule has 1 saturated heterocycles. The van der Waals surface area contributed by atoms with Crippen LogP contribution in [0, 0.1) is 5.92 Å². The number of allylic oxidation sites excluding steroid dienone is 1. The third kappa shape index (κ3) is 5.50. The normalized spacial score (nSPS) is 17.7. The number of hydrogen-bond acceptors (Lipinski definition) is 5. The van der Waals surface area contributed by atoms with Gasteiger partial charge in [-0.25, -0.2) is 0 Å². The van der Waals surface area contributed by atoms with Gasteiger partial charge in [-0.2, -0.15) is 0 Å². The number of carbonyl (C=O) groups excluding carboxylic acids is 2. The highest BCUT2D eigenvalue weighted by Gasteiger charge is 2.33. The Labute approximate surface area is 193 Å². The highest BCUT2D eigenvalue weighted by Crippen LogP contribution is 2.32. The first kappa shape index (κ1) is 22.4. The zero-order chi connectivity index (χ0) is 22.3. The lowest BCUT2D eigenvalue weighted by molar-refractivity contribution is -0.138. The van der Waals surface area contributed by atoms with E-state index in [0.717, 1.165) is 37.2 Å². The smallest absolute Gasteiger partial charge is 0.226 e. The zero-order valence-electron chi connectivity index (χ0n) is 17.9. The van der Waals surface area contributed by atoms with Gasteiger partial charge >= 0.3 is 0 Å². The fraction of sp³-hybridized carbons (Fsp3) is 0.360. The van der Waals surface area contributed by atoms with Gasteiger partial charge < -0.3 is 10.2 Å². The number of nitrogens with one attached hydrogen (secondary N) is 1. The summed E-state index contributed by atoms with van der Waals surface area (Å²) >= 11 is 6.14. The molecule has 0 unspecified atom stereocenters. The van der Waals surface area contributed by atoms with Gasteiger partial charge in [0.05, 0.1) is 11.7 Å². The predicted octanol–water partition coefficient (Wildman–Crippen LogP) is 3.97. The molecule has 1 fully saturated rings. The van der Waals surface area contributed by atoms with E-state index >= 15 is 0 Å². The highest BCUT2D eigenvalue weighted by atomic mass is 35.5. The second kappa shape index (κ2) is 10.7. The number of halogens is 1. The monoisotopic (exact) mass is 450 g/mol. The number of rotatable bonds is 7. The minimum Gasteiger partial charge on any atom is -0.329 e. The van der Waals surface area contributed by atoms with Crippen molar-refractivity contribution >= 4 is 29.5 Å². The molecule has 1 aromatic carbocycles. The molecule has 0 spiro atoms. The van der Waals surface area contributed by atoms with E-state index in [9.17, 15) is 9.59 Å². The van der Waals surface area contributed by atoms with E-state index < -0.39 is 0 Å². The van der Waals surface area contributed by atoms with Crippen LogP contribution in [0.25, 0.3) is 0 Å². The van der Waals surface area contributed by atoms with Gasteiger partial charge in [-0.15, -0.1) is 0 Å². The van der Waals surface area contributed by atoms with Gasteiger partial charge in [-0.1, -0.05) is 29.8 Å². The van der Waals surface area contributed by atoms with Crippen LogP contribution in [0.15, 0.2) is 65.4 Å². The van der Waals surface area contributed by atoms with E-state index in [0.29, 0.717) is 30.1 Å². The summed E-state index contributed by atoms with van der Waals surface area (Å²) in [4.78, 5) is 36.5. The average molecular weight is 451 g/mol. The molecule has 2 aliphatic heterocycles. The third-order valence-electron chi connectivity index (χ3n) is 5.92. The SMILES string of the molecule is O=C1C=C(CCN(C(=O)C2CCNCC2)[C@H](c2ccc(Cl)cc2)c2ccccn2)N=CC1. The summed E-state index contributed by atoms with van der Waals surface area (Å²) in [6.45, 7) is 2.12. The number of pyridine rings is 1. The summed E-state index contributed by atoms with van der Waals surface area (Å²) in [6, 6.07) is 13.0. The van der Waals surface area contributed by atoms with Crippen LogP contribution in [0.2, 0.25) is 5.02 Å². The van der Waals surface area contributed by atoms with Gasteiger partial charge in [0, 0.05) is 54.5 Å². The third-order valence-corrected chi connectivity index (χ3v) is 6.17. The number of benzene rings is 1. The van der Waals surface area contributed by atoms with Crippen LogP contribution >= 0.6 is 11.6 Å². The number of aromatic nitrogens is 1. The van der Waals surface area contributed by atoms with Gasteiger partial charge in [-0.05, 0) is 55.8 Å². The lowest BCUT2D eigenvalue weighted by Gasteiger charge is -2.36. The molecule has 4 rings (SSSR count). The van der Waals surface area contributed by atoms with Gasteiger partial charge in [-0.3, -0.25) is 19.6 Å². The molecular formula is C25H27ClN4O2. The molecule has 0 aliphatic carbocycles. The molecule has 1 N–H and O–H groups in total. The van der Waals surface area contributed by atoms with Crippen molar-refractivity contribution in [3.05, 3.63) is 76.7 Å². The number of aliphatic imine (C=N–C) groups is 1. The molecule has 1 atom stereocenters. The topological polar surface area (TPSA) is 74.7 Å². The van der Waals surface area contributed by atoms with Crippen molar-refractivity contribution in [2.24, 2.45) is 10.9 Å². The maximum absolute atomic E-state index is 13.8. The first-order chi connectivity index (χ1) is 15.6. The standard InChI is InChI=1S/C25H27ClN4O2/c26-20-6-4-18(5-7-20)24(23-3-1-2-12-29-23)30(25(32)19-8-13-27-14-9-19)16-11-21-17-22(31)10-15-28-21/h1-7,12,15,17,19,24,27H,8-11,13-14,16H2/t24-/m1/s1. The van der Waals surface area contributed by atoms with Crippen LogP contribution in [-0.4, -0.2) is 47.4 Å². The van der Waals surface area contributed by atoms with Crippen molar-refractivity contribution < 1.29 is 9.59 Å². The average Bonchev–Trinajstić information content (AvgIpc) is 2.83. The van der Waals surface area contributed by atoms with E-state index in [-0.39, 0.29) is 23.7 Å². The van der Waals surface area contributed by atoms with Gasteiger partial charge in [0.2, 0.25) is 5.91 Å². The molecule has 3 heterocycles. The Morgan fingerprint density at radius 3 is 2.62 bits per heavy atom. The second-order valence-electron chi connectivity index (χ2n) is 8.13. The molecule has 0 radical (unpaired) electrons. The Morgan fingerprint density at radius 2 is 1.94 bits per heavy atom. The lowest BCUT2D eigenvalue weighted by Crippen LogP contribution is -2.44. The Balaban J connectivity index is 1.69. The highest BCUT2D eigenvalue weighted by molar-refractivity contribution is 6.30. The molecule has 0 saturated carbocycles. The molecule has 2 aliphatic rings. The molecule has 7 heteroatoms. The van der Waals surface area contributed by atoms with E-state index in [4.69, 9.17) is 11.6 Å². The molecule has 166 valence electrons. The predicted molar refractivity (Wildman–Crippen MR) is 126 cm³/mol. The fourth-order valence-electron chi connectivity index (χ4n) is 4.27. The van der Waals surface area contributed by atoms with E-state index in [1.54, 1.807) is 18.5 Å². The van der Waals surface area contributed by atoms with Gasteiger partial charge in [0.1, 0.15) is 0 Å². The number of ketones is 1. The molecule has 32 heavy (non-hydrogen) atoms. The molecule has 6 nitrogen and oxygen atoms in total. The molecule has 1 amide bonds. The van der Waals surface area contributed by atoms with Crippen LogP contribution in [-0.2, 0) is 9.59 Å². The van der Waals surface area contributed by atoms with E-state index in [1.807, 2.05) is 47.4 Å². The lowest BCUT2D eigenvalue weighted by atomic mass is 9.93. The number of amides is 1. The quantitative estimate of drug-likeness (QED) is 0.692. The van der Waals surface area contributed by atoms with Crippen LogP contribution < -0.4 is 5.32 Å². The fourth-order valence-corrected chi connectivity index (χ4v) is 4.40. The number of piperidine rings is 1. The van der Waals surface area contributed by atoms with Crippen molar-refractivity contribution in [2.75, 3.05) is 19.6 Å².